The second-order valence-electron chi connectivity index (χ2n) is 6.16. The molecule has 2 aliphatic heterocycles. The van der Waals surface area contributed by atoms with Crippen LogP contribution in [0.25, 0.3) is 11.3 Å². The van der Waals surface area contributed by atoms with Gasteiger partial charge >= 0.3 is 0 Å². The van der Waals surface area contributed by atoms with Crippen molar-refractivity contribution in [2.24, 2.45) is 5.92 Å². The largest absolute Gasteiger partial charge is 0.495 e. The third kappa shape index (κ3) is 2.86. The summed E-state index contributed by atoms with van der Waals surface area (Å²) >= 11 is 0. The van der Waals surface area contributed by atoms with E-state index in [4.69, 9.17) is 4.74 Å². The van der Waals surface area contributed by atoms with Gasteiger partial charge in [-0.25, -0.2) is 0 Å². The van der Waals surface area contributed by atoms with Crippen molar-refractivity contribution in [2.45, 2.75) is 18.9 Å². The Bertz CT molecular complexity index is 757. The Balaban J connectivity index is 0.00000156. The zero-order chi connectivity index (χ0) is 15.1. The van der Waals surface area contributed by atoms with Gasteiger partial charge in [-0.2, -0.15) is 0 Å². The predicted molar refractivity (Wildman–Crippen MR) is 91.5 cm³/mol. The minimum absolute atomic E-state index is 0. The fourth-order valence-corrected chi connectivity index (χ4v) is 3.62. The van der Waals surface area contributed by atoms with E-state index in [0.717, 1.165) is 42.3 Å². The molecule has 23 heavy (non-hydrogen) atoms. The summed E-state index contributed by atoms with van der Waals surface area (Å²) in [4.78, 5) is 16.9. The number of fused-ring (bicyclic) bond motifs is 4. The second-order valence-corrected chi connectivity index (χ2v) is 6.16. The first kappa shape index (κ1) is 16.0. The number of piperidine rings is 1. The quantitative estimate of drug-likeness (QED) is 0.914. The number of pyridine rings is 2. The van der Waals surface area contributed by atoms with Gasteiger partial charge in [-0.05, 0) is 37.1 Å². The Hall–Kier alpha value is -1.85. The van der Waals surface area contributed by atoms with E-state index in [2.05, 4.69) is 16.4 Å². The summed E-state index contributed by atoms with van der Waals surface area (Å²) in [5.41, 5.74) is 2.93. The number of halogens is 1. The zero-order valence-corrected chi connectivity index (χ0v) is 13.8. The average Bonchev–Trinajstić information content (AvgIpc) is 2.56. The third-order valence-electron chi connectivity index (χ3n) is 4.73. The van der Waals surface area contributed by atoms with Crippen LogP contribution in [0.2, 0.25) is 0 Å². The maximum absolute atomic E-state index is 12.5. The molecule has 0 unspecified atom stereocenters. The summed E-state index contributed by atoms with van der Waals surface area (Å²) in [5.74, 6) is 1.73. The smallest absolute Gasteiger partial charge is 0.251 e. The molecule has 2 aromatic heterocycles. The number of nitrogens with one attached hydrogen (secondary N) is 1. The monoisotopic (exact) mass is 333 g/mol. The number of aromatic nitrogens is 2. The second kappa shape index (κ2) is 6.34. The molecule has 4 rings (SSSR count). The highest BCUT2D eigenvalue weighted by atomic mass is 35.5. The van der Waals surface area contributed by atoms with E-state index < -0.39 is 0 Å². The number of hydrogen-bond acceptors (Lipinski definition) is 4. The van der Waals surface area contributed by atoms with E-state index in [0.29, 0.717) is 11.8 Å². The van der Waals surface area contributed by atoms with Crippen LogP contribution in [0.3, 0.4) is 0 Å². The number of ether oxygens (including phenoxy) is 1. The fourth-order valence-electron chi connectivity index (χ4n) is 3.62. The highest BCUT2D eigenvalue weighted by Crippen LogP contribution is 2.33. The van der Waals surface area contributed by atoms with E-state index in [-0.39, 0.29) is 18.0 Å². The summed E-state index contributed by atoms with van der Waals surface area (Å²) < 4.78 is 7.09. The highest BCUT2D eigenvalue weighted by molar-refractivity contribution is 5.85. The van der Waals surface area contributed by atoms with Gasteiger partial charge in [0.1, 0.15) is 5.75 Å². The van der Waals surface area contributed by atoms with Crippen molar-refractivity contribution in [3.8, 4) is 17.0 Å². The Morgan fingerprint density at radius 3 is 2.91 bits per heavy atom. The predicted octanol–water partition coefficient (Wildman–Crippen LogP) is 2.05. The average molecular weight is 334 g/mol. The van der Waals surface area contributed by atoms with Crippen LogP contribution in [0, 0.1) is 5.92 Å². The molecular formula is C17H20ClN3O2. The van der Waals surface area contributed by atoms with Crippen LogP contribution >= 0.6 is 12.4 Å². The van der Waals surface area contributed by atoms with E-state index in [1.54, 1.807) is 19.4 Å². The number of rotatable bonds is 2. The first-order valence-corrected chi connectivity index (χ1v) is 7.70. The molecule has 2 atom stereocenters. The third-order valence-corrected chi connectivity index (χ3v) is 4.73. The minimum Gasteiger partial charge on any atom is -0.495 e. The van der Waals surface area contributed by atoms with Gasteiger partial charge in [0.15, 0.2) is 0 Å². The Morgan fingerprint density at radius 2 is 2.17 bits per heavy atom. The number of nitrogens with zero attached hydrogens (tertiary/aromatic N) is 2. The molecule has 4 heterocycles. The molecular weight excluding hydrogens is 314 g/mol. The molecule has 2 aromatic rings. The lowest BCUT2D eigenvalue weighted by Crippen LogP contribution is -2.44. The summed E-state index contributed by atoms with van der Waals surface area (Å²) in [6.45, 7) is 2.80. The van der Waals surface area contributed by atoms with Crippen molar-refractivity contribution in [1.82, 2.24) is 14.9 Å². The van der Waals surface area contributed by atoms with Crippen LogP contribution in [0.15, 0.2) is 35.3 Å². The molecule has 0 saturated carbocycles. The SMILES string of the molecule is COc1ccc(-c2cc3n(c(=O)c2)C[C@@H]2CNC[C@H]3C2)nc1.Cl. The topological polar surface area (TPSA) is 56.1 Å². The van der Waals surface area contributed by atoms with Crippen molar-refractivity contribution in [3.05, 3.63) is 46.5 Å². The van der Waals surface area contributed by atoms with Crippen LogP contribution in [0.1, 0.15) is 18.0 Å². The summed E-state index contributed by atoms with van der Waals surface area (Å²) in [5, 5.41) is 3.47. The van der Waals surface area contributed by atoms with Gasteiger partial charge in [-0.1, -0.05) is 0 Å². The first-order valence-electron chi connectivity index (χ1n) is 7.70. The fraction of sp³-hybridized carbons (Fsp3) is 0.412. The van der Waals surface area contributed by atoms with Gasteiger partial charge in [0.2, 0.25) is 0 Å². The molecule has 1 fully saturated rings. The molecule has 0 aromatic carbocycles. The molecule has 6 heteroatoms. The summed E-state index contributed by atoms with van der Waals surface area (Å²) in [7, 11) is 1.62. The maximum Gasteiger partial charge on any atom is 0.251 e. The zero-order valence-electron chi connectivity index (χ0n) is 13.0. The van der Waals surface area contributed by atoms with E-state index in [9.17, 15) is 4.79 Å². The van der Waals surface area contributed by atoms with Crippen LogP contribution in [0.4, 0.5) is 0 Å². The molecule has 2 aliphatic rings. The van der Waals surface area contributed by atoms with Gasteiger partial charge in [-0.3, -0.25) is 9.78 Å². The summed E-state index contributed by atoms with van der Waals surface area (Å²) in [6.07, 6.45) is 2.86. The normalized spacial score (nSPS) is 22.0. The Labute approximate surface area is 141 Å². The van der Waals surface area contributed by atoms with Gasteiger partial charge in [-0.15, -0.1) is 12.4 Å². The van der Waals surface area contributed by atoms with Crippen LogP contribution in [-0.2, 0) is 6.54 Å². The van der Waals surface area contributed by atoms with Crippen molar-refractivity contribution in [1.29, 1.82) is 0 Å². The molecule has 1 N–H and O–H groups in total. The molecule has 5 nitrogen and oxygen atoms in total. The first-order chi connectivity index (χ1) is 10.7. The lowest BCUT2D eigenvalue weighted by Gasteiger charge is -2.37. The van der Waals surface area contributed by atoms with Gasteiger partial charge in [0.05, 0.1) is 19.0 Å². The van der Waals surface area contributed by atoms with E-state index >= 15 is 0 Å². The van der Waals surface area contributed by atoms with Crippen molar-refractivity contribution in [2.75, 3.05) is 20.2 Å². The Morgan fingerprint density at radius 1 is 1.30 bits per heavy atom. The van der Waals surface area contributed by atoms with Gasteiger partial charge in [0, 0.05) is 36.3 Å². The molecule has 122 valence electrons. The standard InChI is InChI=1S/C17H19N3O2.ClH/c1-22-14-2-3-15(19-9-14)12-5-16-13-4-11(7-18-8-13)10-20(16)17(21)6-12;/h2-3,5-6,9,11,13,18H,4,7-8,10H2,1H3;1H/t11-,13+;/m0./s1. The molecule has 0 amide bonds. The van der Waals surface area contributed by atoms with E-state index in [1.165, 1.54) is 6.42 Å². The molecule has 1 saturated heterocycles. The lowest BCUT2D eigenvalue weighted by molar-refractivity contribution is 0.257. The number of methoxy groups -OCH3 is 1. The maximum atomic E-state index is 12.5. The van der Waals surface area contributed by atoms with Crippen molar-refractivity contribution >= 4 is 12.4 Å². The molecule has 2 bridgehead atoms. The van der Waals surface area contributed by atoms with Crippen molar-refractivity contribution in [3.63, 3.8) is 0 Å². The minimum atomic E-state index is 0. The van der Waals surface area contributed by atoms with Crippen LogP contribution in [-0.4, -0.2) is 29.8 Å². The molecule has 0 aliphatic carbocycles. The highest BCUT2D eigenvalue weighted by Gasteiger charge is 2.31. The summed E-state index contributed by atoms with van der Waals surface area (Å²) in [6, 6.07) is 7.60. The number of hydrogen-bond donors (Lipinski definition) is 1. The van der Waals surface area contributed by atoms with Crippen molar-refractivity contribution < 1.29 is 4.74 Å². The van der Waals surface area contributed by atoms with Gasteiger partial charge in [0.25, 0.3) is 5.56 Å². The molecule has 0 radical (unpaired) electrons. The van der Waals surface area contributed by atoms with Gasteiger partial charge < -0.3 is 14.6 Å². The van der Waals surface area contributed by atoms with Crippen LogP contribution < -0.4 is 15.6 Å². The van der Waals surface area contributed by atoms with E-state index in [1.807, 2.05) is 16.7 Å². The Kier molecular flexibility index (Phi) is 4.41. The van der Waals surface area contributed by atoms with Crippen LogP contribution in [0.5, 0.6) is 5.75 Å². The molecule has 0 spiro atoms. The lowest BCUT2D eigenvalue weighted by atomic mass is 9.83.